The summed E-state index contributed by atoms with van der Waals surface area (Å²) in [7, 11) is 0. The lowest BCUT2D eigenvalue weighted by molar-refractivity contribution is -0.386. The predicted molar refractivity (Wildman–Crippen MR) is 37.2 cm³/mol. The third-order valence-electron chi connectivity index (χ3n) is 1.07. The topological polar surface area (TPSA) is 73.1 Å². The highest BCUT2D eigenvalue weighted by molar-refractivity contribution is 5.23. The van der Waals surface area contributed by atoms with E-state index in [1.165, 1.54) is 12.3 Å². The average molecular weight is 152 g/mol. The van der Waals surface area contributed by atoms with Gasteiger partial charge in [0, 0.05) is 6.20 Å². The van der Waals surface area contributed by atoms with E-state index in [2.05, 4.69) is 4.98 Å². The van der Waals surface area contributed by atoms with Crippen LogP contribution in [-0.2, 0) is 0 Å². The van der Waals surface area contributed by atoms with Crippen molar-refractivity contribution < 1.29 is 4.92 Å². The molecule has 5 heteroatoms. The van der Waals surface area contributed by atoms with E-state index in [-0.39, 0.29) is 0 Å². The molecule has 0 radical (unpaired) electrons. The Kier molecular flexibility index (Phi) is 1.91. The molecule has 0 bridgehead atoms. The van der Waals surface area contributed by atoms with Gasteiger partial charge in [0.25, 0.3) is 5.43 Å². The van der Waals surface area contributed by atoms with Crippen LogP contribution < -0.4 is 5.43 Å². The van der Waals surface area contributed by atoms with Crippen LogP contribution in [0.25, 0.3) is 0 Å². The van der Waals surface area contributed by atoms with Gasteiger partial charge in [0.05, 0.1) is 4.92 Å². The van der Waals surface area contributed by atoms with Crippen LogP contribution in [0.4, 0.5) is 5.69 Å². The zero-order chi connectivity index (χ0) is 8.27. The summed E-state index contributed by atoms with van der Waals surface area (Å²) < 4.78 is 0. The molecule has 1 heterocycles. The molecule has 56 valence electrons. The quantitative estimate of drug-likeness (QED) is 0.430. The minimum absolute atomic E-state index is 0.505. The lowest BCUT2D eigenvalue weighted by Crippen LogP contribution is -2.02. The van der Waals surface area contributed by atoms with Gasteiger partial charge in [0.2, 0.25) is 0 Å². The van der Waals surface area contributed by atoms with Gasteiger partial charge in [0.15, 0.2) is 0 Å². The average Bonchev–Trinajstić information content (AvgIpc) is 2.13. The Labute approximate surface area is 61.5 Å². The van der Waals surface area contributed by atoms with E-state index >= 15 is 0 Å². The molecular formula is C6H4N2O3. The number of hydrogen-bond acceptors (Lipinski definition) is 4. The smallest absolute Gasteiger partial charge is 0.282 e. The van der Waals surface area contributed by atoms with Crippen molar-refractivity contribution in [2.24, 2.45) is 0 Å². The van der Waals surface area contributed by atoms with Crippen LogP contribution in [0.15, 0.2) is 29.3 Å². The second-order valence-corrected chi connectivity index (χ2v) is 1.79. The van der Waals surface area contributed by atoms with Crippen LogP contribution in [0, 0.1) is 10.1 Å². The number of hydrogen-bond donors (Lipinski definition) is 0. The highest BCUT2D eigenvalue weighted by Gasteiger charge is 2.07. The summed E-state index contributed by atoms with van der Waals surface area (Å²) in [5.74, 6) is 0. The van der Waals surface area contributed by atoms with Crippen LogP contribution in [-0.4, -0.2) is 9.91 Å². The summed E-state index contributed by atoms with van der Waals surface area (Å²) in [6, 6.07) is 2.46. The van der Waals surface area contributed by atoms with Gasteiger partial charge in [0.1, 0.15) is 6.20 Å². The summed E-state index contributed by atoms with van der Waals surface area (Å²) in [6.07, 6.45) is 2.25. The standard InChI is InChI=1S/C6H4N2O3/c9-6-2-1-3-7-4-5(6)8(10)11/h1-4H. The molecule has 5 nitrogen and oxygen atoms in total. The molecule has 0 fully saturated rings. The first-order chi connectivity index (χ1) is 5.22. The second kappa shape index (κ2) is 2.87. The minimum atomic E-state index is -0.755. The Morgan fingerprint density at radius 2 is 2.27 bits per heavy atom. The normalized spacial score (nSPS) is 9.09. The first-order valence-corrected chi connectivity index (χ1v) is 2.80. The summed E-state index contributed by atoms with van der Waals surface area (Å²) in [6.45, 7) is 0. The van der Waals surface area contributed by atoms with Crippen molar-refractivity contribution in [3.63, 3.8) is 0 Å². The molecule has 0 unspecified atom stereocenters. The van der Waals surface area contributed by atoms with Crippen LogP contribution >= 0.6 is 0 Å². The maximum absolute atomic E-state index is 10.8. The van der Waals surface area contributed by atoms with Crippen LogP contribution in [0.1, 0.15) is 0 Å². The maximum atomic E-state index is 10.8. The molecular weight excluding hydrogens is 148 g/mol. The molecule has 0 aromatic carbocycles. The van der Waals surface area contributed by atoms with E-state index in [0.717, 1.165) is 12.3 Å². The second-order valence-electron chi connectivity index (χ2n) is 1.79. The fraction of sp³-hybridized carbons (Fsp3) is 0. The van der Waals surface area contributed by atoms with E-state index in [1.54, 1.807) is 0 Å². The molecule has 1 rings (SSSR count). The van der Waals surface area contributed by atoms with Gasteiger partial charge in [-0.2, -0.15) is 0 Å². The fourth-order valence-electron chi connectivity index (χ4n) is 0.580. The molecule has 1 aromatic heterocycles. The first-order valence-electron chi connectivity index (χ1n) is 2.80. The Morgan fingerprint density at radius 1 is 1.55 bits per heavy atom. The van der Waals surface area contributed by atoms with E-state index < -0.39 is 16.0 Å². The zero-order valence-corrected chi connectivity index (χ0v) is 5.43. The Balaban J connectivity index is 3.41. The van der Waals surface area contributed by atoms with Crippen molar-refractivity contribution in [3.05, 3.63) is 44.9 Å². The molecule has 0 aliphatic carbocycles. The van der Waals surface area contributed by atoms with E-state index in [4.69, 9.17) is 0 Å². The van der Waals surface area contributed by atoms with Crippen LogP contribution in [0.5, 0.6) is 0 Å². The van der Waals surface area contributed by atoms with Gasteiger partial charge in [-0.25, -0.2) is 0 Å². The van der Waals surface area contributed by atoms with Crippen molar-refractivity contribution >= 4 is 5.69 Å². The molecule has 0 saturated heterocycles. The summed E-state index contributed by atoms with van der Waals surface area (Å²) in [5.41, 5.74) is -1.14. The van der Waals surface area contributed by atoms with Crippen molar-refractivity contribution in [2.75, 3.05) is 0 Å². The summed E-state index contributed by atoms with van der Waals surface area (Å²) in [5, 5.41) is 10.1. The van der Waals surface area contributed by atoms with Crippen LogP contribution in [0.3, 0.4) is 0 Å². The van der Waals surface area contributed by atoms with Gasteiger partial charge >= 0.3 is 5.69 Å². The van der Waals surface area contributed by atoms with Gasteiger partial charge in [-0.15, -0.1) is 0 Å². The molecule has 0 atom stereocenters. The highest BCUT2D eigenvalue weighted by Crippen LogP contribution is 1.96. The Hall–Kier alpha value is -1.78. The largest absolute Gasteiger partial charge is 0.334 e. The number of nitrogens with zero attached hydrogens (tertiary/aromatic N) is 2. The molecule has 0 aliphatic heterocycles. The lowest BCUT2D eigenvalue weighted by Gasteiger charge is -1.79. The molecule has 0 aliphatic rings. The fourth-order valence-corrected chi connectivity index (χ4v) is 0.580. The molecule has 0 saturated carbocycles. The molecule has 1 aromatic rings. The lowest BCUT2D eigenvalue weighted by atomic mass is 10.4. The first kappa shape index (κ1) is 7.33. The molecule has 0 N–H and O–H groups in total. The van der Waals surface area contributed by atoms with Crippen molar-refractivity contribution in [1.82, 2.24) is 4.98 Å². The zero-order valence-electron chi connectivity index (χ0n) is 5.43. The van der Waals surface area contributed by atoms with Gasteiger partial charge in [-0.1, -0.05) is 0 Å². The Bertz CT molecular complexity index is 337. The van der Waals surface area contributed by atoms with Crippen molar-refractivity contribution in [1.29, 1.82) is 0 Å². The minimum Gasteiger partial charge on any atom is -0.282 e. The summed E-state index contributed by atoms with van der Waals surface area (Å²) >= 11 is 0. The van der Waals surface area contributed by atoms with Gasteiger partial charge in [-0.3, -0.25) is 19.9 Å². The molecule has 0 amide bonds. The third-order valence-corrected chi connectivity index (χ3v) is 1.07. The highest BCUT2D eigenvalue weighted by atomic mass is 16.6. The SMILES string of the molecule is O=c1cccncc1[N+](=O)[O-]. The Morgan fingerprint density at radius 3 is 2.91 bits per heavy atom. The number of aromatic nitrogens is 1. The molecule has 11 heavy (non-hydrogen) atoms. The van der Waals surface area contributed by atoms with E-state index in [1.807, 2.05) is 0 Å². The van der Waals surface area contributed by atoms with Crippen LogP contribution in [0.2, 0.25) is 0 Å². The third kappa shape index (κ3) is 1.57. The maximum Gasteiger partial charge on any atom is 0.334 e. The monoisotopic (exact) mass is 152 g/mol. The van der Waals surface area contributed by atoms with E-state index in [9.17, 15) is 14.9 Å². The summed E-state index contributed by atoms with van der Waals surface area (Å²) in [4.78, 5) is 23.6. The van der Waals surface area contributed by atoms with Gasteiger partial charge < -0.3 is 0 Å². The molecule has 0 spiro atoms. The van der Waals surface area contributed by atoms with Crippen molar-refractivity contribution in [2.45, 2.75) is 0 Å². The van der Waals surface area contributed by atoms with E-state index in [0.29, 0.717) is 0 Å². The van der Waals surface area contributed by atoms with Crippen molar-refractivity contribution in [3.8, 4) is 0 Å². The number of nitro groups is 1. The predicted octanol–water partition coefficient (Wildman–Crippen LogP) is 0.350. The number of rotatable bonds is 1. The van der Waals surface area contributed by atoms with Gasteiger partial charge in [-0.05, 0) is 12.1 Å².